The van der Waals surface area contributed by atoms with Crippen LogP contribution in [0.1, 0.15) is 44.4 Å². The zero-order valence-electron chi connectivity index (χ0n) is 18.1. The van der Waals surface area contributed by atoms with Crippen LogP contribution in [0.5, 0.6) is 5.75 Å². The summed E-state index contributed by atoms with van der Waals surface area (Å²) in [5.74, 6) is 0.141. The third kappa shape index (κ3) is 4.74. The summed E-state index contributed by atoms with van der Waals surface area (Å²) in [6.45, 7) is 7.69. The summed E-state index contributed by atoms with van der Waals surface area (Å²) in [6.07, 6.45) is 4.07. The maximum Gasteiger partial charge on any atom is 0.341 e. The Bertz CT molecular complexity index is 970. The van der Waals surface area contributed by atoms with Crippen molar-refractivity contribution in [1.29, 1.82) is 0 Å². The Morgan fingerprint density at radius 3 is 2.60 bits per heavy atom. The first-order chi connectivity index (χ1) is 14.3. The van der Waals surface area contributed by atoms with Gasteiger partial charge in [-0.15, -0.1) is 11.3 Å². The number of ether oxygens (including phenoxy) is 2. The van der Waals surface area contributed by atoms with Gasteiger partial charge in [0.05, 0.1) is 19.3 Å². The minimum absolute atomic E-state index is 0.276. The number of aryl methyl sites for hydroxylation is 2. The predicted molar refractivity (Wildman–Crippen MR) is 120 cm³/mol. The summed E-state index contributed by atoms with van der Waals surface area (Å²) >= 11 is 1.46. The molecule has 3 rings (SSSR count). The molecule has 1 aromatic carbocycles. The molecule has 1 N–H and O–H groups in total. The number of methoxy groups -OCH3 is 1. The number of likely N-dealkylation sites (N-methyl/N-ethyl adjacent to an activating group) is 1. The van der Waals surface area contributed by atoms with Crippen LogP contribution in [0.4, 0.5) is 5.00 Å². The van der Waals surface area contributed by atoms with E-state index in [1.165, 1.54) is 17.4 Å². The molecule has 0 fully saturated rings. The van der Waals surface area contributed by atoms with Crippen LogP contribution in [-0.4, -0.2) is 44.1 Å². The van der Waals surface area contributed by atoms with Gasteiger partial charge in [-0.2, -0.15) is 0 Å². The van der Waals surface area contributed by atoms with E-state index in [1.807, 2.05) is 33.0 Å². The molecule has 0 radical (unpaired) electrons. The van der Waals surface area contributed by atoms with E-state index in [0.717, 1.165) is 52.4 Å². The Hall–Kier alpha value is -2.64. The van der Waals surface area contributed by atoms with E-state index in [-0.39, 0.29) is 11.9 Å². The zero-order chi connectivity index (χ0) is 21.8. The van der Waals surface area contributed by atoms with Crippen LogP contribution in [0.3, 0.4) is 0 Å². The minimum atomic E-state index is -0.374. The number of thiophene rings is 1. The van der Waals surface area contributed by atoms with E-state index in [4.69, 9.17) is 9.47 Å². The molecule has 160 valence electrons. The van der Waals surface area contributed by atoms with Gasteiger partial charge in [0.25, 0.3) is 0 Å². The van der Waals surface area contributed by atoms with Gasteiger partial charge >= 0.3 is 5.97 Å². The van der Waals surface area contributed by atoms with Crippen LogP contribution in [0.25, 0.3) is 6.08 Å². The molecule has 0 aliphatic carbocycles. The van der Waals surface area contributed by atoms with E-state index in [1.54, 1.807) is 20.1 Å². The van der Waals surface area contributed by atoms with E-state index in [2.05, 4.69) is 10.2 Å². The van der Waals surface area contributed by atoms with Gasteiger partial charge in [0.2, 0.25) is 5.91 Å². The highest BCUT2D eigenvalue weighted by atomic mass is 32.1. The number of benzene rings is 1. The highest BCUT2D eigenvalue weighted by Crippen LogP contribution is 2.37. The number of fused-ring (bicyclic) bond motifs is 1. The van der Waals surface area contributed by atoms with E-state index < -0.39 is 0 Å². The summed E-state index contributed by atoms with van der Waals surface area (Å²) in [4.78, 5) is 28.6. The molecule has 2 heterocycles. The summed E-state index contributed by atoms with van der Waals surface area (Å²) in [6, 6.07) is 3.88. The lowest BCUT2D eigenvalue weighted by Crippen LogP contribution is -2.26. The van der Waals surface area contributed by atoms with E-state index in [0.29, 0.717) is 17.2 Å². The number of rotatable bonds is 6. The highest BCUT2D eigenvalue weighted by Gasteiger charge is 2.28. The summed E-state index contributed by atoms with van der Waals surface area (Å²) in [5, 5.41) is 3.46. The van der Waals surface area contributed by atoms with Gasteiger partial charge in [-0.25, -0.2) is 4.79 Å². The molecule has 0 unspecified atom stereocenters. The molecule has 1 amide bonds. The molecule has 1 aromatic heterocycles. The van der Waals surface area contributed by atoms with Crippen molar-refractivity contribution in [2.75, 3.05) is 32.6 Å². The Balaban J connectivity index is 1.85. The molecular weight excluding hydrogens is 400 g/mol. The van der Waals surface area contributed by atoms with Gasteiger partial charge in [-0.1, -0.05) is 0 Å². The Labute approximate surface area is 181 Å². The van der Waals surface area contributed by atoms with Gasteiger partial charge < -0.3 is 19.7 Å². The van der Waals surface area contributed by atoms with Crippen molar-refractivity contribution in [3.63, 3.8) is 0 Å². The van der Waals surface area contributed by atoms with Crippen LogP contribution in [0, 0.1) is 13.8 Å². The van der Waals surface area contributed by atoms with Crippen LogP contribution in [0.15, 0.2) is 18.2 Å². The predicted octanol–water partition coefficient (Wildman–Crippen LogP) is 4.19. The third-order valence-electron chi connectivity index (χ3n) is 5.17. The van der Waals surface area contributed by atoms with E-state index >= 15 is 0 Å². The normalized spacial score (nSPS) is 13.9. The Kier molecular flexibility index (Phi) is 6.95. The monoisotopic (exact) mass is 428 g/mol. The molecule has 0 bridgehead atoms. The lowest BCUT2D eigenvalue weighted by Gasteiger charge is -2.22. The minimum Gasteiger partial charge on any atom is -0.497 e. The van der Waals surface area contributed by atoms with Crippen molar-refractivity contribution in [1.82, 2.24) is 4.90 Å². The number of carbonyl (C=O) groups excluding carboxylic acids is 2. The lowest BCUT2D eigenvalue weighted by atomic mass is 10.0. The fourth-order valence-corrected chi connectivity index (χ4v) is 4.99. The van der Waals surface area contributed by atoms with Crippen molar-refractivity contribution in [3.8, 4) is 5.75 Å². The average molecular weight is 429 g/mol. The maximum atomic E-state index is 12.7. The first-order valence-corrected chi connectivity index (χ1v) is 10.8. The average Bonchev–Trinajstić information content (AvgIpc) is 3.03. The molecule has 7 heteroatoms. The third-order valence-corrected chi connectivity index (χ3v) is 6.30. The number of esters is 1. The quantitative estimate of drug-likeness (QED) is 0.552. The van der Waals surface area contributed by atoms with Crippen molar-refractivity contribution in [3.05, 3.63) is 50.9 Å². The number of nitrogens with zero attached hydrogens (tertiary/aromatic N) is 1. The Morgan fingerprint density at radius 1 is 1.27 bits per heavy atom. The highest BCUT2D eigenvalue weighted by molar-refractivity contribution is 7.17. The molecule has 1 aliphatic heterocycles. The SMILES string of the molecule is CCOC(=O)c1c(NC(=O)/C=C/c2c(C)cc(OC)cc2C)sc2c1CCN(C)C2. The van der Waals surface area contributed by atoms with Crippen molar-refractivity contribution < 1.29 is 19.1 Å². The second kappa shape index (κ2) is 9.45. The Morgan fingerprint density at radius 2 is 1.97 bits per heavy atom. The lowest BCUT2D eigenvalue weighted by molar-refractivity contribution is -0.111. The van der Waals surface area contributed by atoms with Crippen molar-refractivity contribution >= 4 is 34.3 Å². The largest absolute Gasteiger partial charge is 0.497 e. The molecular formula is C23H28N2O4S. The molecule has 6 nitrogen and oxygen atoms in total. The number of hydrogen-bond acceptors (Lipinski definition) is 6. The fourth-order valence-electron chi connectivity index (χ4n) is 3.67. The first-order valence-electron chi connectivity index (χ1n) is 9.98. The summed E-state index contributed by atoms with van der Waals surface area (Å²) < 4.78 is 10.5. The maximum absolute atomic E-state index is 12.7. The molecule has 0 saturated heterocycles. The second-order valence-electron chi connectivity index (χ2n) is 7.41. The van der Waals surface area contributed by atoms with Crippen LogP contribution < -0.4 is 10.1 Å². The van der Waals surface area contributed by atoms with Gasteiger partial charge in [0, 0.05) is 24.0 Å². The van der Waals surface area contributed by atoms with Crippen molar-refractivity contribution in [2.24, 2.45) is 0 Å². The standard InChI is InChI=1S/C23H28N2O4S/c1-6-29-23(27)21-18-9-10-25(4)13-19(18)30-22(21)24-20(26)8-7-17-14(2)11-16(28-5)12-15(17)3/h7-8,11-12H,6,9-10,13H2,1-5H3,(H,24,26)/b8-7+. The number of nitrogens with one attached hydrogen (secondary N) is 1. The van der Waals surface area contributed by atoms with Crippen molar-refractivity contribution in [2.45, 2.75) is 33.7 Å². The molecule has 30 heavy (non-hydrogen) atoms. The van der Waals surface area contributed by atoms with Gasteiger partial charge in [0.15, 0.2) is 0 Å². The molecule has 1 aliphatic rings. The number of anilines is 1. The molecule has 2 aromatic rings. The van der Waals surface area contributed by atoms with Crippen LogP contribution in [0.2, 0.25) is 0 Å². The fraction of sp³-hybridized carbons (Fsp3) is 0.391. The first kappa shape index (κ1) is 22.1. The second-order valence-corrected chi connectivity index (χ2v) is 8.52. The summed E-state index contributed by atoms with van der Waals surface area (Å²) in [7, 11) is 3.68. The number of amides is 1. The smallest absolute Gasteiger partial charge is 0.341 e. The molecule has 0 atom stereocenters. The van der Waals surface area contributed by atoms with E-state index in [9.17, 15) is 9.59 Å². The topological polar surface area (TPSA) is 67.9 Å². The van der Waals surface area contributed by atoms with Crippen LogP contribution in [-0.2, 0) is 22.5 Å². The zero-order valence-corrected chi connectivity index (χ0v) is 18.9. The van der Waals surface area contributed by atoms with Gasteiger partial charge in [0.1, 0.15) is 10.8 Å². The van der Waals surface area contributed by atoms with Gasteiger partial charge in [-0.05, 0) is 74.7 Å². The number of hydrogen-bond donors (Lipinski definition) is 1. The van der Waals surface area contributed by atoms with Crippen LogP contribution >= 0.6 is 11.3 Å². The van der Waals surface area contributed by atoms with Gasteiger partial charge in [-0.3, -0.25) is 4.79 Å². The molecule has 0 saturated carbocycles. The number of carbonyl (C=O) groups is 2. The summed E-state index contributed by atoms with van der Waals surface area (Å²) in [5.41, 5.74) is 4.53. The molecule has 0 spiro atoms.